The highest BCUT2D eigenvalue weighted by Gasteiger charge is 2.38. The molecule has 2 amide bonds. The van der Waals surface area contributed by atoms with Crippen LogP contribution in [0.25, 0.3) is 0 Å². The van der Waals surface area contributed by atoms with Crippen LogP contribution in [0.1, 0.15) is 24.5 Å². The Balaban J connectivity index is 1.75. The average molecular weight is 504 g/mol. The Morgan fingerprint density at radius 2 is 1.91 bits per heavy atom. The molecule has 170 valence electrons. The molecular formula is C21H18Cl2F3N3O2S. The van der Waals surface area contributed by atoms with Crippen molar-refractivity contribution in [3.63, 3.8) is 0 Å². The minimum atomic E-state index is -4.58. The van der Waals surface area contributed by atoms with E-state index in [0.717, 1.165) is 35.5 Å². The largest absolute Gasteiger partial charge is 0.416 e. The van der Waals surface area contributed by atoms with Gasteiger partial charge in [0.05, 0.1) is 22.0 Å². The Morgan fingerprint density at radius 1 is 1.19 bits per heavy atom. The molecule has 3 rings (SSSR count). The van der Waals surface area contributed by atoms with Gasteiger partial charge in [-0.05, 0) is 49.7 Å². The Hall–Kier alpha value is -2.23. The fraction of sp³-hybridized carbons (Fsp3) is 0.286. The zero-order valence-electron chi connectivity index (χ0n) is 17.0. The molecule has 0 saturated carbocycles. The molecule has 1 saturated heterocycles. The van der Waals surface area contributed by atoms with Gasteiger partial charge >= 0.3 is 6.18 Å². The molecule has 0 aliphatic carbocycles. The second-order valence-electron chi connectivity index (χ2n) is 6.96. The number of thioether (sulfide) groups is 1. The summed E-state index contributed by atoms with van der Waals surface area (Å²) in [4.78, 5) is 31.2. The molecule has 1 atom stereocenters. The highest BCUT2D eigenvalue weighted by Crippen LogP contribution is 2.35. The number of carbonyl (C=O) groups excluding carboxylic acids is 2. The van der Waals surface area contributed by atoms with Gasteiger partial charge in [-0.3, -0.25) is 14.5 Å². The third kappa shape index (κ3) is 5.57. The topological polar surface area (TPSA) is 61.8 Å². The molecule has 0 aromatic heterocycles. The monoisotopic (exact) mass is 503 g/mol. The molecule has 1 N–H and O–H groups in total. The highest BCUT2D eigenvalue weighted by molar-refractivity contribution is 8.15. The first-order valence-electron chi connectivity index (χ1n) is 9.49. The fourth-order valence-corrected chi connectivity index (χ4v) is 4.51. The summed E-state index contributed by atoms with van der Waals surface area (Å²) in [5.41, 5.74) is 0.348. The lowest BCUT2D eigenvalue weighted by Gasteiger charge is -2.14. The van der Waals surface area contributed by atoms with Crippen molar-refractivity contribution in [1.29, 1.82) is 0 Å². The van der Waals surface area contributed by atoms with Gasteiger partial charge in [0, 0.05) is 18.0 Å². The van der Waals surface area contributed by atoms with Crippen LogP contribution in [0.2, 0.25) is 10.0 Å². The van der Waals surface area contributed by atoms with Crippen molar-refractivity contribution < 1.29 is 22.8 Å². The molecule has 0 bridgehead atoms. The summed E-state index contributed by atoms with van der Waals surface area (Å²) in [5.74, 6) is -0.937. The normalized spacial score (nSPS) is 17.8. The summed E-state index contributed by atoms with van der Waals surface area (Å²) in [5, 5.41) is 2.53. The Kier molecular flexibility index (Phi) is 7.42. The second-order valence-corrected chi connectivity index (χ2v) is 8.95. The SMILES string of the molecule is CCN1C(=O)C(CC(=O)Nc2cc(C(F)(F)F)ccc2Cl)SC1=Nc1ccc(C)c(Cl)c1. The van der Waals surface area contributed by atoms with Gasteiger partial charge in [-0.2, -0.15) is 13.2 Å². The van der Waals surface area contributed by atoms with E-state index in [1.54, 1.807) is 19.1 Å². The Bertz CT molecular complexity index is 1090. The highest BCUT2D eigenvalue weighted by atomic mass is 35.5. The van der Waals surface area contributed by atoms with Crippen LogP contribution >= 0.6 is 35.0 Å². The number of amidine groups is 1. The number of nitrogens with zero attached hydrogens (tertiary/aromatic N) is 2. The first kappa shape index (κ1) is 24.4. The van der Waals surface area contributed by atoms with E-state index in [1.165, 1.54) is 4.90 Å². The minimum absolute atomic E-state index is 0.0366. The number of aryl methyl sites for hydroxylation is 1. The molecule has 32 heavy (non-hydrogen) atoms. The summed E-state index contributed by atoms with van der Waals surface area (Å²) in [6.07, 6.45) is -4.83. The number of nitrogens with one attached hydrogen (secondary N) is 1. The van der Waals surface area contributed by atoms with Crippen LogP contribution in [0.5, 0.6) is 0 Å². The molecule has 1 aliphatic rings. The van der Waals surface area contributed by atoms with Gasteiger partial charge in [0.25, 0.3) is 0 Å². The van der Waals surface area contributed by atoms with Gasteiger partial charge in [0.15, 0.2) is 5.17 Å². The zero-order chi connectivity index (χ0) is 23.6. The molecule has 0 spiro atoms. The van der Waals surface area contributed by atoms with E-state index in [-0.39, 0.29) is 23.0 Å². The van der Waals surface area contributed by atoms with E-state index in [4.69, 9.17) is 23.2 Å². The van der Waals surface area contributed by atoms with E-state index in [2.05, 4.69) is 10.3 Å². The van der Waals surface area contributed by atoms with Crippen LogP contribution in [0.4, 0.5) is 24.5 Å². The number of benzene rings is 2. The molecule has 2 aromatic carbocycles. The lowest BCUT2D eigenvalue weighted by Crippen LogP contribution is -2.33. The van der Waals surface area contributed by atoms with E-state index >= 15 is 0 Å². The van der Waals surface area contributed by atoms with Crippen molar-refractivity contribution in [3.8, 4) is 0 Å². The van der Waals surface area contributed by atoms with Crippen molar-refractivity contribution in [2.24, 2.45) is 4.99 Å². The summed E-state index contributed by atoms with van der Waals surface area (Å²) >= 11 is 13.2. The number of anilines is 1. The third-order valence-corrected chi connectivity index (χ3v) is 6.57. The van der Waals surface area contributed by atoms with Crippen molar-refractivity contribution in [1.82, 2.24) is 4.90 Å². The second kappa shape index (κ2) is 9.72. The lowest BCUT2D eigenvalue weighted by molar-refractivity contribution is -0.137. The van der Waals surface area contributed by atoms with Crippen LogP contribution in [-0.2, 0) is 15.8 Å². The summed E-state index contributed by atoms with van der Waals surface area (Å²) < 4.78 is 38.8. The smallest absolute Gasteiger partial charge is 0.325 e. The lowest BCUT2D eigenvalue weighted by atomic mass is 10.2. The molecule has 1 aliphatic heterocycles. The summed E-state index contributed by atoms with van der Waals surface area (Å²) in [6.45, 7) is 3.99. The molecule has 11 heteroatoms. The van der Waals surface area contributed by atoms with Crippen molar-refractivity contribution in [2.75, 3.05) is 11.9 Å². The van der Waals surface area contributed by atoms with Gasteiger partial charge in [-0.1, -0.05) is 41.0 Å². The maximum Gasteiger partial charge on any atom is 0.416 e. The molecule has 0 radical (unpaired) electrons. The molecule has 2 aromatic rings. The maximum atomic E-state index is 12.9. The first-order chi connectivity index (χ1) is 15.0. The van der Waals surface area contributed by atoms with Crippen molar-refractivity contribution in [3.05, 3.63) is 57.6 Å². The Morgan fingerprint density at radius 3 is 2.53 bits per heavy atom. The predicted molar refractivity (Wildman–Crippen MR) is 122 cm³/mol. The van der Waals surface area contributed by atoms with Crippen molar-refractivity contribution in [2.45, 2.75) is 31.7 Å². The standard InChI is InChI=1S/C21H18Cl2F3N3O2S/c1-3-29-19(31)17(32-20(29)27-13-6-4-11(2)15(23)9-13)10-18(30)28-16-8-12(21(24,25)26)5-7-14(16)22/h4-9,17H,3,10H2,1-2H3,(H,28,30). The average Bonchev–Trinajstić information content (AvgIpc) is 2.99. The van der Waals surface area contributed by atoms with Crippen LogP contribution < -0.4 is 5.32 Å². The van der Waals surface area contributed by atoms with Crippen LogP contribution in [-0.4, -0.2) is 33.7 Å². The number of aliphatic imine (C=N–C) groups is 1. The fourth-order valence-electron chi connectivity index (χ4n) is 2.94. The van der Waals surface area contributed by atoms with E-state index in [1.807, 2.05) is 13.0 Å². The number of halogens is 5. The summed E-state index contributed by atoms with van der Waals surface area (Å²) in [7, 11) is 0. The van der Waals surface area contributed by atoms with Gasteiger partial charge in [0.2, 0.25) is 11.8 Å². The maximum absolute atomic E-state index is 12.9. The molecule has 1 unspecified atom stereocenters. The number of alkyl halides is 3. The quantitative estimate of drug-likeness (QED) is 0.520. The summed E-state index contributed by atoms with van der Waals surface area (Å²) in [6, 6.07) is 7.90. The molecule has 1 fully saturated rings. The number of carbonyl (C=O) groups is 2. The van der Waals surface area contributed by atoms with Crippen LogP contribution in [0.3, 0.4) is 0 Å². The molecular weight excluding hydrogens is 486 g/mol. The minimum Gasteiger partial charge on any atom is -0.325 e. The number of rotatable bonds is 5. The van der Waals surface area contributed by atoms with Crippen LogP contribution in [0, 0.1) is 6.92 Å². The van der Waals surface area contributed by atoms with E-state index in [9.17, 15) is 22.8 Å². The number of amides is 2. The number of hydrogen-bond donors (Lipinski definition) is 1. The Labute approximate surface area is 197 Å². The third-order valence-electron chi connectivity index (χ3n) is 4.65. The molecule has 5 nitrogen and oxygen atoms in total. The van der Waals surface area contributed by atoms with Gasteiger partial charge in [-0.15, -0.1) is 0 Å². The van der Waals surface area contributed by atoms with Gasteiger partial charge in [-0.25, -0.2) is 4.99 Å². The van der Waals surface area contributed by atoms with Gasteiger partial charge < -0.3 is 5.32 Å². The predicted octanol–water partition coefficient (Wildman–Crippen LogP) is 6.30. The van der Waals surface area contributed by atoms with Crippen molar-refractivity contribution >= 4 is 63.3 Å². The van der Waals surface area contributed by atoms with E-state index in [0.29, 0.717) is 22.4 Å². The number of hydrogen-bond acceptors (Lipinski definition) is 4. The van der Waals surface area contributed by atoms with Gasteiger partial charge in [0.1, 0.15) is 5.25 Å². The zero-order valence-corrected chi connectivity index (χ0v) is 19.3. The first-order valence-corrected chi connectivity index (χ1v) is 11.1. The van der Waals surface area contributed by atoms with Crippen LogP contribution in [0.15, 0.2) is 41.4 Å². The molecule has 1 heterocycles. The van der Waals surface area contributed by atoms with E-state index < -0.39 is 22.9 Å².